The summed E-state index contributed by atoms with van der Waals surface area (Å²) in [4.78, 5) is 42.3. The van der Waals surface area contributed by atoms with Crippen molar-refractivity contribution in [2.75, 3.05) is 44.6 Å². The van der Waals surface area contributed by atoms with Crippen LogP contribution in [0.4, 0.5) is 23.7 Å². The number of hydrogen-bond acceptors (Lipinski definition) is 7. The van der Waals surface area contributed by atoms with E-state index in [0.717, 1.165) is 37.0 Å². The smallest absolute Gasteiger partial charge is 0.416 e. The van der Waals surface area contributed by atoms with Gasteiger partial charge in [-0.15, -0.1) is 0 Å². The average Bonchev–Trinajstić information content (AvgIpc) is 3.01. The zero-order valence-corrected chi connectivity index (χ0v) is 25.0. The summed E-state index contributed by atoms with van der Waals surface area (Å²) in [7, 11) is 0. The van der Waals surface area contributed by atoms with Crippen LogP contribution >= 0.6 is 0 Å². The van der Waals surface area contributed by atoms with Gasteiger partial charge in [-0.2, -0.15) is 13.2 Å². The van der Waals surface area contributed by atoms with Crippen LogP contribution in [0.15, 0.2) is 59.7 Å². The van der Waals surface area contributed by atoms with Crippen LogP contribution in [0.5, 0.6) is 11.5 Å². The number of piperazine rings is 1. The summed E-state index contributed by atoms with van der Waals surface area (Å²) < 4.78 is 48.4. The molecular formula is C32H34F3N7O3. The number of halogens is 3. The highest BCUT2D eigenvalue weighted by Crippen LogP contribution is 2.36. The number of H-pyrrole nitrogens is 1. The summed E-state index contributed by atoms with van der Waals surface area (Å²) >= 11 is 0. The number of alkyl halides is 3. The predicted octanol–water partition coefficient (Wildman–Crippen LogP) is 5.42. The van der Waals surface area contributed by atoms with E-state index < -0.39 is 17.8 Å². The molecule has 2 N–H and O–H groups in total. The minimum absolute atomic E-state index is 0.0862. The van der Waals surface area contributed by atoms with Gasteiger partial charge in [0.15, 0.2) is 0 Å². The molecule has 1 unspecified atom stereocenters. The van der Waals surface area contributed by atoms with E-state index in [1.54, 1.807) is 29.3 Å². The van der Waals surface area contributed by atoms with Crippen LogP contribution in [0.2, 0.25) is 0 Å². The number of amides is 2. The summed E-state index contributed by atoms with van der Waals surface area (Å²) in [5.41, 5.74) is 1.23. The first kappa shape index (κ1) is 30.5. The molecule has 1 saturated heterocycles. The van der Waals surface area contributed by atoms with Gasteiger partial charge >= 0.3 is 12.2 Å². The Bertz CT molecular complexity index is 1770. The lowest BCUT2D eigenvalue weighted by molar-refractivity contribution is -0.138. The molecule has 0 saturated carbocycles. The van der Waals surface area contributed by atoms with Gasteiger partial charge in [-0.3, -0.25) is 14.7 Å². The Hall–Kier alpha value is -4.49. The van der Waals surface area contributed by atoms with Crippen molar-refractivity contribution >= 4 is 22.8 Å². The second-order valence-electron chi connectivity index (χ2n) is 11.5. The highest BCUT2D eigenvalue weighted by molar-refractivity contribution is 5.89. The van der Waals surface area contributed by atoms with Gasteiger partial charge in [0.2, 0.25) is 5.56 Å². The minimum Gasteiger partial charge on any atom is -0.455 e. The SMILES string of the molecule is CCN1CCN(Cc2ccc(NC(=O)N3Cc4cc(Oc5ccnc6[nH]c(=O)ccc56)cnc4C(C)C3)cc2C(F)(F)F)CC1. The average molecular weight is 622 g/mol. The van der Waals surface area contributed by atoms with E-state index >= 15 is 0 Å². The maximum absolute atomic E-state index is 14.1. The zero-order chi connectivity index (χ0) is 31.7. The van der Waals surface area contributed by atoms with Crippen LogP contribution in [0, 0.1) is 0 Å². The summed E-state index contributed by atoms with van der Waals surface area (Å²) in [5, 5.41) is 3.30. The Morgan fingerprint density at radius 1 is 1.07 bits per heavy atom. The van der Waals surface area contributed by atoms with Crippen molar-refractivity contribution in [3.63, 3.8) is 0 Å². The van der Waals surface area contributed by atoms with E-state index in [1.165, 1.54) is 24.4 Å². The van der Waals surface area contributed by atoms with Gasteiger partial charge < -0.3 is 24.8 Å². The Kier molecular flexibility index (Phi) is 8.47. The van der Waals surface area contributed by atoms with E-state index in [4.69, 9.17) is 4.74 Å². The third-order valence-electron chi connectivity index (χ3n) is 8.38. The molecule has 0 spiro atoms. The molecule has 3 aromatic heterocycles. The lowest BCUT2D eigenvalue weighted by Crippen LogP contribution is -2.45. The van der Waals surface area contributed by atoms with Crippen molar-refractivity contribution in [3.05, 3.63) is 87.6 Å². The molecule has 1 fully saturated rings. The van der Waals surface area contributed by atoms with Crippen LogP contribution in [0.3, 0.4) is 0 Å². The van der Waals surface area contributed by atoms with Crippen LogP contribution in [-0.4, -0.2) is 75.0 Å². The molecule has 13 heteroatoms. The molecule has 2 aliphatic rings. The van der Waals surface area contributed by atoms with Crippen LogP contribution in [0.25, 0.3) is 11.0 Å². The van der Waals surface area contributed by atoms with Crippen molar-refractivity contribution in [1.82, 2.24) is 29.7 Å². The van der Waals surface area contributed by atoms with Gasteiger partial charge in [0.25, 0.3) is 0 Å². The third-order valence-corrected chi connectivity index (χ3v) is 8.38. The van der Waals surface area contributed by atoms with Crippen LogP contribution in [0.1, 0.15) is 42.1 Å². The Morgan fingerprint density at radius 2 is 1.84 bits per heavy atom. The number of nitrogens with one attached hydrogen (secondary N) is 2. The predicted molar refractivity (Wildman–Crippen MR) is 163 cm³/mol. The number of hydrogen-bond donors (Lipinski definition) is 2. The van der Waals surface area contributed by atoms with Gasteiger partial charge in [-0.05, 0) is 48.0 Å². The molecule has 0 radical (unpaired) electrons. The zero-order valence-electron chi connectivity index (χ0n) is 25.0. The van der Waals surface area contributed by atoms with Crippen molar-refractivity contribution < 1.29 is 22.7 Å². The summed E-state index contributed by atoms with van der Waals surface area (Å²) in [6.07, 6.45) is -1.43. The van der Waals surface area contributed by atoms with Crippen molar-refractivity contribution in [3.8, 4) is 11.5 Å². The van der Waals surface area contributed by atoms with Crippen LogP contribution in [-0.2, 0) is 19.3 Å². The number of nitrogens with zero attached hydrogens (tertiary/aromatic N) is 5. The summed E-state index contributed by atoms with van der Waals surface area (Å²) in [6, 6.07) is 10.0. The number of carbonyl (C=O) groups excluding carboxylic acids is 1. The lowest BCUT2D eigenvalue weighted by atomic mass is 9.96. The number of benzene rings is 1. The molecule has 10 nitrogen and oxygen atoms in total. The fraction of sp³-hybridized carbons (Fsp3) is 0.375. The molecule has 2 amide bonds. The van der Waals surface area contributed by atoms with Gasteiger partial charge in [0, 0.05) is 69.7 Å². The number of rotatable bonds is 6. The molecule has 5 heterocycles. The van der Waals surface area contributed by atoms with E-state index in [9.17, 15) is 22.8 Å². The number of fused-ring (bicyclic) bond motifs is 2. The van der Waals surface area contributed by atoms with Gasteiger partial charge in [-0.25, -0.2) is 9.78 Å². The normalized spacial score (nSPS) is 17.7. The molecular weight excluding hydrogens is 587 g/mol. The first-order valence-corrected chi connectivity index (χ1v) is 14.9. The second-order valence-corrected chi connectivity index (χ2v) is 11.5. The monoisotopic (exact) mass is 621 g/mol. The number of urea groups is 1. The number of likely N-dealkylation sites (N-methyl/N-ethyl adjacent to an activating group) is 1. The number of ether oxygens (including phenoxy) is 1. The maximum Gasteiger partial charge on any atom is 0.416 e. The van der Waals surface area contributed by atoms with Crippen molar-refractivity contribution in [2.24, 2.45) is 0 Å². The largest absolute Gasteiger partial charge is 0.455 e. The Morgan fingerprint density at radius 3 is 2.60 bits per heavy atom. The molecule has 6 rings (SSSR count). The fourth-order valence-corrected chi connectivity index (χ4v) is 5.98. The fourth-order valence-electron chi connectivity index (χ4n) is 5.98. The third kappa shape index (κ3) is 6.79. The summed E-state index contributed by atoms with van der Waals surface area (Å²) in [6.45, 7) is 8.77. The lowest BCUT2D eigenvalue weighted by Gasteiger charge is -2.34. The highest BCUT2D eigenvalue weighted by atomic mass is 19.4. The Balaban J connectivity index is 1.16. The molecule has 45 heavy (non-hydrogen) atoms. The number of aromatic amines is 1. The molecule has 4 aromatic rings. The van der Waals surface area contributed by atoms with Crippen molar-refractivity contribution in [2.45, 2.75) is 39.0 Å². The number of carbonyl (C=O) groups is 1. The van der Waals surface area contributed by atoms with E-state index in [-0.39, 0.29) is 35.8 Å². The quantitative estimate of drug-likeness (QED) is 0.296. The maximum atomic E-state index is 14.1. The first-order valence-electron chi connectivity index (χ1n) is 14.9. The molecule has 1 aromatic carbocycles. The topological polar surface area (TPSA) is 107 Å². The molecule has 0 bridgehead atoms. The van der Waals surface area contributed by atoms with Crippen molar-refractivity contribution in [1.29, 1.82) is 0 Å². The number of pyridine rings is 3. The standard InChI is InChI=1S/C32H34F3N7O3/c1-3-40-10-12-41(13-11-40)18-21-4-5-23(15-26(21)32(33,34)35)38-31(44)42-17-20(2)29-22(19-42)14-24(16-37-29)45-27-8-9-36-30-25(27)6-7-28(43)39-30/h4-9,14-16,20H,3,10-13,17-19H2,1-2H3,(H,38,44)(H,36,39,43). The first-order chi connectivity index (χ1) is 21.6. The number of anilines is 1. The molecule has 2 aliphatic heterocycles. The summed E-state index contributed by atoms with van der Waals surface area (Å²) in [5.74, 6) is 0.800. The highest BCUT2D eigenvalue weighted by Gasteiger charge is 2.35. The van der Waals surface area contributed by atoms with Gasteiger partial charge in [0.1, 0.15) is 17.1 Å². The number of aromatic nitrogens is 3. The van der Waals surface area contributed by atoms with Gasteiger partial charge in [0.05, 0.1) is 22.8 Å². The Labute approximate surface area is 257 Å². The molecule has 1 atom stereocenters. The molecule has 236 valence electrons. The van der Waals surface area contributed by atoms with E-state index in [1.807, 2.05) is 11.8 Å². The minimum atomic E-state index is -4.56. The van der Waals surface area contributed by atoms with Gasteiger partial charge in [-0.1, -0.05) is 19.9 Å². The molecule has 0 aliphatic carbocycles. The van der Waals surface area contributed by atoms with E-state index in [0.29, 0.717) is 42.2 Å². The second kappa shape index (κ2) is 12.5. The van der Waals surface area contributed by atoms with Crippen LogP contribution < -0.4 is 15.6 Å². The van der Waals surface area contributed by atoms with E-state index in [2.05, 4.69) is 32.1 Å².